The second-order valence-electron chi connectivity index (χ2n) is 15.4. The molecule has 8 rings (SSSR count). The second kappa shape index (κ2) is 13.8. The van der Waals surface area contributed by atoms with E-state index in [-0.39, 0.29) is 16.5 Å². The van der Waals surface area contributed by atoms with E-state index in [1.165, 1.54) is 26.6 Å². The van der Waals surface area contributed by atoms with E-state index >= 15 is 0 Å². The van der Waals surface area contributed by atoms with Crippen LogP contribution in [0, 0.1) is 17.9 Å². The lowest BCUT2D eigenvalue weighted by Gasteiger charge is -2.48. The van der Waals surface area contributed by atoms with Crippen molar-refractivity contribution in [2.45, 2.75) is 61.2 Å². The first-order valence-corrected chi connectivity index (χ1v) is 19.2. The summed E-state index contributed by atoms with van der Waals surface area (Å²) in [7, 11) is 1.76. The Morgan fingerprint density at radius 1 is 0.852 bits per heavy atom. The first-order chi connectivity index (χ1) is 26.1. The molecule has 4 aromatic carbocycles. The average Bonchev–Trinajstić information content (AvgIpc) is 3.18. The number of hydrogen-bond donors (Lipinski definition) is 0. The van der Waals surface area contributed by atoms with E-state index in [1.54, 1.807) is 31.0 Å². The molecular weight excluding hydrogens is 685 g/mol. The lowest BCUT2D eigenvalue weighted by Crippen LogP contribution is -2.45. The van der Waals surface area contributed by atoms with Crippen molar-refractivity contribution in [1.29, 1.82) is 5.26 Å². The molecule has 0 aromatic heterocycles. The number of methoxy groups -OCH3 is 1. The van der Waals surface area contributed by atoms with Crippen LogP contribution in [0.3, 0.4) is 0 Å². The zero-order valence-corrected chi connectivity index (χ0v) is 32.1. The van der Waals surface area contributed by atoms with E-state index in [1.807, 2.05) is 24.3 Å². The van der Waals surface area contributed by atoms with Gasteiger partial charge in [-0.15, -0.1) is 0 Å². The van der Waals surface area contributed by atoms with Crippen LogP contribution in [0.2, 0.25) is 0 Å². The van der Waals surface area contributed by atoms with Crippen LogP contribution in [0.15, 0.2) is 136 Å². The van der Waals surface area contributed by atoms with E-state index in [0.29, 0.717) is 17.1 Å². The molecule has 4 heterocycles. The molecule has 6 nitrogen and oxygen atoms in total. The number of benzene rings is 4. The molecule has 0 aliphatic carbocycles. The highest BCUT2D eigenvalue weighted by molar-refractivity contribution is 7.99. The summed E-state index contributed by atoms with van der Waals surface area (Å²) in [6.45, 7) is 19.1. The molecule has 0 atom stereocenters. The van der Waals surface area contributed by atoms with Gasteiger partial charge < -0.3 is 19.3 Å². The van der Waals surface area contributed by atoms with Crippen molar-refractivity contribution in [3.8, 4) is 11.8 Å². The van der Waals surface area contributed by atoms with Crippen LogP contribution < -0.4 is 14.5 Å². The normalized spacial score (nSPS) is 18.7. The van der Waals surface area contributed by atoms with Crippen LogP contribution in [0.1, 0.15) is 62.8 Å². The maximum absolute atomic E-state index is 9.80. The quantitative estimate of drug-likeness (QED) is 0.128. The molecule has 0 N–H and O–H groups in total. The van der Waals surface area contributed by atoms with Gasteiger partial charge in [-0.2, -0.15) is 0 Å². The Morgan fingerprint density at radius 3 is 2.07 bits per heavy atom. The van der Waals surface area contributed by atoms with Gasteiger partial charge in [-0.05, 0) is 113 Å². The number of nitrogens with zero attached hydrogens (tertiary/aromatic N) is 4. The second-order valence-corrected chi connectivity index (χ2v) is 16.5. The Morgan fingerprint density at radius 2 is 1.46 bits per heavy atom. The number of fused-ring (bicyclic) bond motifs is 2. The fourth-order valence-electron chi connectivity index (χ4n) is 7.98. The topological polar surface area (TPSA) is 53.1 Å². The number of hydrogen-bond acceptors (Lipinski definition) is 6. The Hall–Kier alpha value is -5.89. The van der Waals surface area contributed by atoms with Gasteiger partial charge in [0.1, 0.15) is 17.3 Å². The maximum Gasteiger partial charge on any atom is 0.269 e. The van der Waals surface area contributed by atoms with E-state index < -0.39 is 0 Å². The highest BCUT2D eigenvalue weighted by Crippen LogP contribution is 2.54. The largest absolute Gasteiger partial charge is 0.496 e. The van der Waals surface area contributed by atoms with Crippen LogP contribution in [-0.2, 0) is 15.6 Å². The standard InChI is InChI=1S/C47H42N4O2S/c1-46(2)23-25-50-26-24-47(3,4)43-44(50)37(46)29-32(45(43)52-6)18-22-36-28-33(38(30-48)49-5)27-35(53-36)21-17-31-15-19-34(20-16-31)51-39-11-7-9-13-41(39)54-42-14-10-8-12-40(42)51/h7-22,27-29H,23-26H2,1-4,6H3/b21-17+,22-18+,38-33-. The summed E-state index contributed by atoms with van der Waals surface area (Å²) in [5.74, 6) is 1.96. The number of ether oxygens (including phenoxy) is 2. The predicted octanol–water partition coefficient (Wildman–Crippen LogP) is 12.0. The Labute approximate surface area is 322 Å². The van der Waals surface area contributed by atoms with E-state index in [4.69, 9.17) is 16.0 Å². The van der Waals surface area contributed by atoms with Gasteiger partial charge in [-0.3, -0.25) is 0 Å². The van der Waals surface area contributed by atoms with Gasteiger partial charge in [0.2, 0.25) is 0 Å². The lowest BCUT2D eigenvalue weighted by atomic mass is 9.68. The molecule has 54 heavy (non-hydrogen) atoms. The van der Waals surface area contributed by atoms with Gasteiger partial charge in [-0.25, -0.2) is 10.1 Å². The number of rotatable bonds is 6. The molecule has 7 heteroatoms. The summed E-state index contributed by atoms with van der Waals surface area (Å²) >= 11 is 1.79. The highest BCUT2D eigenvalue weighted by atomic mass is 32.2. The van der Waals surface area contributed by atoms with Crippen molar-refractivity contribution in [3.05, 3.63) is 160 Å². The molecule has 0 spiro atoms. The van der Waals surface area contributed by atoms with Crippen LogP contribution in [0.5, 0.6) is 5.75 Å². The average molecular weight is 727 g/mol. The van der Waals surface area contributed by atoms with Crippen molar-refractivity contribution < 1.29 is 9.47 Å². The number of anilines is 4. The van der Waals surface area contributed by atoms with Gasteiger partial charge in [0.25, 0.3) is 5.70 Å². The maximum atomic E-state index is 9.80. The number of allylic oxidation sites excluding steroid dienone is 6. The molecule has 0 amide bonds. The van der Waals surface area contributed by atoms with Gasteiger partial charge in [0.15, 0.2) is 0 Å². The number of nitriles is 1. The van der Waals surface area contributed by atoms with Gasteiger partial charge >= 0.3 is 0 Å². The molecule has 0 bridgehead atoms. The molecule has 0 unspecified atom stereocenters. The van der Waals surface area contributed by atoms with Gasteiger partial charge in [0, 0.05) is 45.4 Å². The minimum absolute atomic E-state index is 0.0130. The summed E-state index contributed by atoms with van der Waals surface area (Å²) in [5.41, 5.74) is 9.82. The molecule has 0 radical (unpaired) electrons. The zero-order chi connectivity index (χ0) is 37.6. The first-order valence-electron chi connectivity index (χ1n) is 18.4. The fourth-order valence-corrected chi connectivity index (χ4v) is 9.04. The van der Waals surface area contributed by atoms with E-state index in [9.17, 15) is 5.26 Å². The Balaban J connectivity index is 1.10. The summed E-state index contributed by atoms with van der Waals surface area (Å²) in [5, 5.41) is 9.80. The van der Waals surface area contributed by atoms with Gasteiger partial charge in [0.05, 0.1) is 31.1 Å². The molecule has 0 saturated heterocycles. The smallest absolute Gasteiger partial charge is 0.269 e. The van der Waals surface area contributed by atoms with Crippen molar-refractivity contribution in [1.82, 2.24) is 0 Å². The van der Waals surface area contributed by atoms with Crippen LogP contribution in [0.25, 0.3) is 17.0 Å². The van der Waals surface area contributed by atoms with Gasteiger partial charge in [-0.1, -0.05) is 81.9 Å². The third-order valence-corrected chi connectivity index (χ3v) is 12.1. The van der Waals surface area contributed by atoms with Crippen LogP contribution in [0.4, 0.5) is 22.7 Å². The molecule has 0 saturated carbocycles. The van der Waals surface area contributed by atoms with Crippen molar-refractivity contribution in [2.24, 2.45) is 0 Å². The molecule has 0 fully saturated rings. The lowest BCUT2D eigenvalue weighted by molar-refractivity contribution is 0.332. The van der Waals surface area contributed by atoms with Crippen LogP contribution >= 0.6 is 11.8 Å². The fraction of sp³-hybridized carbons (Fsp3) is 0.234. The van der Waals surface area contributed by atoms with Crippen molar-refractivity contribution in [3.63, 3.8) is 0 Å². The summed E-state index contributed by atoms with van der Waals surface area (Å²) < 4.78 is 12.6. The highest BCUT2D eigenvalue weighted by Gasteiger charge is 2.42. The summed E-state index contributed by atoms with van der Waals surface area (Å²) in [6, 6.07) is 29.8. The predicted molar refractivity (Wildman–Crippen MR) is 220 cm³/mol. The third kappa shape index (κ3) is 6.29. The minimum atomic E-state index is -0.0439. The molecule has 268 valence electrons. The van der Waals surface area contributed by atoms with Crippen molar-refractivity contribution >= 4 is 46.7 Å². The molecule has 4 aromatic rings. The molecular formula is C47H42N4O2S. The Kier molecular flexibility index (Phi) is 9.00. The SMILES string of the molecule is [C-]#[N+]/C(C#N)=C1C=C(/C=C/c2ccc(N3c4ccccc4Sc4ccccc43)cc2)OC(/C=C/c2cc3c4c(c2OC)C(C)(C)CCN4CCC3(C)C)=C/1. The monoisotopic (exact) mass is 726 g/mol. The van der Waals surface area contributed by atoms with E-state index in [0.717, 1.165) is 59.9 Å². The molecule has 4 aliphatic rings. The minimum Gasteiger partial charge on any atom is -0.496 e. The third-order valence-electron chi connectivity index (χ3n) is 11.0. The number of para-hydroxylation sites is 2. The Bertz CT molecular complexity index is 2350. The summed E-state index contributed by atoms with van der Waals surface area (Å²) in [4.78, 5) is 10.8. The van der Waals surface area contributed by atoms with Crippen LogP contribution in [-0.4, -0.2) is 20.2 Å². The van der Waals surface area contributed by atoms with Crippen molar-refractivity contribution in [2.75, 3.05) is 30.0 Å². The first kappa shape index (κ1) is 35.2. The molecule has 4 aliphatic heterocycles. The van der Waals surface area contributed by atoms with E-state index in [2.05, 4.69) is 127 Å². The summed E-state index contributed by atoms with van der Waals surface area (Å²) in [6.07, 6.45) is 13.5. The zero-order valence-electron chi connectivity index (χ0n) is 31.3.